The van der Waals surface area contributed by atoms with Gasteiger partial charge in [-0.15, -0.1) is 0 Å². The fraction of sp³-hybridized carbons (Fsp3) is 0.812. The molecule has 2 rings (SSSR count). The third-order valence-corrected chi connectivity index (χ3v) is 4.62. The standard InChI is InChI=1S/C16H29N3/c1-5-17-15(14-11-18-19(6-2)12-14)13-7-9-16(3,4)10-8-13/h11-13,15,17H,5-10H2,1-4H3. The van der Waals surface area contributed by atoms with E-state index in [2.05, 4.69) is 50.5 Å². The molecule has 1 aromatic heterocycles. The number of nitrogens with one attached hydrogen (secondary N) is 1. The lowest BCUT2D eigenvalue weighted by atomic mass is 9.70. The Kier molecular flexibility index (Phi) is 4.67. The molecule has 0 spiro atoms. The SMILES string of the molecule is CCNC(c1cnn(CC)c1)C1CCC(C)(C)CC1. The van der Waals surface area contributed by atoms with E-state index in [1.807, 2.05) is 4.68 Å². The highest BCUT2D eigenvalue weighted by molar-refractivity contribution is 5.12. The van der Waals surface area contributed by atoms with Crippen molar-refractivity contribution < 1.29 is 0 Å². The second kappa shape index (κ2) is 6.08. The molecule has 108 valence electrons. The van der Waals surface area contributed by atoms with Gasteiger partial charge in [-0.05, 0) is 50.5 Å². The summed E-state index contributed by atoms with van der Waals surface area (Å²) in [5.41, 5.74) is 1.91. The fourth-order valence-corrected chi connectivity index (χ4v) is 3.24. The number of hydrogen-bond acceptors (Lipinski definition) is 2. The van der Waals surface area contributed by atoms with Gasteiger partial charge in [0.1, 0.15) is 0 Å². The molecular weight excluding hydrogens is 234 g/mol. The number of nitrogens with zero attached hydrogens (tertiary/aromatic N) is 2. The van der Waals surface area contributed by atoms with Gasteiger partial charge in [0.2, 0.25) is 0 Å². The van der Waals surface area contributed by atoms with Gasteiger partial charge in [-0.2, -0.15) is 5.10 Å². The predicted molar refractivity (Wildman–Crippen MR) is 80.1 cm³/mol. The van der Waals surface area contributed by atoms with Crippen LogP contribution in [0.1, 0.15) is 65.0 Å². The molecule has 0 radical (unpaired) electrons. The number of aromatic nitrogens is 2. The van der Waals surface area contributed by atoms with Gasteiger partial charge in [0, 0.05) is 24.3 Å². The molecule has 0 amide bonds. The average Bonchev–Trinajstić information content (AvgIpc) is 2.85. The minimum atomic E-state index is 0.487. The van der Waals surface area contributed by atoms with Crippen LogP contribution in [-0.2, 0) is 6.54 Å². The Morgan fingerprint density at radius 2 is 2.05 bits per heavy atom. The van der Waals surface area contributed by atoms with Crippen LogP contribution in [0.5, 0.6) is 0 Å². The summed E-state index contributed by atoms with van der Waals surface area (Å²) < 4.78 is 2.03. The first kappa shape index (κ1) is 14.6. The van der Waals surface area contributed by atoms with Crippen molar-refractivity contribution in [2.45, 2.75) is 66.0 Å². The van der Waals surface area contributed by atoms with Gasteiger partial charge < -0.3 is 5.32 Å². The molecule has 1 aliphatic carbocycles. The predicted octanol–water partition coefficient (Wildman–Crippen LogP) is 3.77. The van der Waals surface area contributed by atoms with E-state index in [1.165, 1.54) is 31.2 Å². The van der Waals surface area contributed by atoms with Crippen molar-refractivity contribution in [1.29, 1.82) is 0 Å². The Labute approximate surface area is 117 Å². The zero-order valence-corrected chi connectivity index (χ0v) is 12.9. The highest BCUT2D eigenvalue weighted by Gasteiger charge is 2.32. The molecule has 1 aromatic rings. The second-order valence-corrected chi connectivity index (χ2v) is 6.67. The smallest absolute Gasteiger partial charge is 0.0537 e. The lowest BCUT2D eigenvalue weighted by Crippen LogP contribution is -2.32. The van der Waals surface area contributed by atoms with Crippen molar-refractivity contribution in [2.24, 2.45) is 11.3 Å². The number of aryl methyl sites for hydroxylation is 1. The van der Waals surface area contributed by atoms with Crippen molar-refractivity contribution in [3.8, 4) is 0 Å². The zero-order valence-electron chi connectivity index (χ0n) is 12.9. The maximum absolute atomic E-state index is 4.44. The molecule has 1 saturated carbocycles. The van der Waals surface area contributed by atoms with Gasteiger partial charge in [0.05, 0.1) is 6.20 Å². The third kappa shape index (κ3) is 3.59. The lowest BCUT2D eigenvalue weighted by Gasteiger charge is -2.38. The van der Waals surface area contributed by atoms with Crippen molar-refractivity contribution in [3.63, 3.8) is 0 Å². The molecule has 3 heteroatoms. The van der Waals surface area contributed by atoms with Crippen LogP contribution < -0.4 is 5.32 Å². The van der Waals surface area contributed by atoms with E-state index in [0.717, 1.165) is 19.0 Å². The van der Waals surface area contributed by atoms with Crippen LogP contribution in [-0.4, -0.2) is 16.3 Å². The molecule has 0 bridgehead atoms. The first-order valence-corrected chi connectivity index (χ1v) is 7.81. The Hall–Kier alpha value is -0.830. The zero-order chi connectivity index (χ0) is 13.9. The van der Waals surface area contributed by atoms with Gasteiger partial charge in [0.15, 0.2) is 0 Å². The van der Waals surface area contributed by atoms with Crippen molar-refractivity contribution in [1.82, 2.24) is 15.1 Å². The van der Waals surface area contributed by atoms with E-state index in [4.69, 9.17) is 0 Å². The highest BCUT2D eigenvalue weighted by atomic mass is 15.3. The Morgan fingerprint density at radius 1 is 1.37 bits per heavy atom. The van der Waals surface area contributed by atoms with E-state index >= 15 is 0 Å². The summed E-state index contributed by atoms with van der Waals surface area (Å²) >= 11 is 0. The summed E-state index contributed by atoms with van der Waals surface area (Å²) in [6, 6.07) is 0.487. The lowest BCUT2D eigenvalue weighted by molar-refractivity contribution is 0.162. The summed E-state index contributed by atoms with van der Waals surface area (Å²) in [7, 11) is 0. The minimum absolute atomic E-state index is 0.487. The normalized spacial score (nSPS) is 21.5. The van der Waals surface area contributed by atoms with E-state index in [0.29, 0.717) is 11.5 Å². The molecule has 0 aliphatic heterocycles. The van der Waals surface area contributed by atoms with Gasteiger partial charge in [-0.3, -0.25) is 4.68 Å². The minimum Gasteiger partial charge on any atom is -0.310 e. The van der Waals surface area contributed by atoms with Crippen LogP contribution in [0, 0.1) is 11.3 Å². The monoisotopic (exact) mass is 263 g/mol. The van der Waals surface area contributed by atoms with Crippen molar-refractivity contribution in [2.75, 3.05) is 6.54 Å². The fourth-order valence-electron chi connectivity index (χ4n) is 3.24. The van der Waals surface area contributed by atoms with Crippen LogP contribution in [0.4, 0.5) is 0 Å². The van der Waals surface area contributed by atoms with E-state index < -0.39 is 0 Å². The number of rotatable bonds is 5. The molecule has 1 fully saturated rings. The van der Waals surface area contributed by atoms with Gasteiger partial charge in [0.25, 0.3) is 0 Å². The van der Waals surface area contributed by atoms with Crippen LogP contribution in [0.2, 0.25) is 0 Å². The molecule has 3 nitrogen and oxygen atoms in total. The molecule has 1 N–H and O–H groups in total. The van der Waals surface area contributed by atoms with Crippen molar-refractivity contribution >= 4 is 0 Å². The topological polar surface area (TPSA) is 29.9 Å². The Bertz CT molecular complexity index is 384. The van der Waals surface area contributed by atoms with Gasteiger partial charge >= 0.3 is 0 Å². The Morgan fingerprint density at radius 3 is 2.58 bits per heavy atom. The molecule has 0 aromatic carbocycles. The first-order valence-electron chi connectivity index (χ1n) is 7.81. The molecule has 0 saturated heterocycles. The second-order valence-electron chi connectivity index (χ2n) is 6.67. The highest BCUT2D eigenvalue weighted by Crippen LogP contribution is 2.42. The summed E-state index contributed by atoms with van der Waals surface area (Å²) in [6.07, 6.45) is 9.64. The average molecular weight is 263 g/mol. The van der Waals surface area contributed by atoms with Crippen LogP contribution in [0.15, 0.2) is 12.4 Å². The summed E-state index contributed by atoms with van der Waals surface area (Å²) in [6.45, 7) is 11.1. The summed E-state index contributed by atoms with van der Waals surface area (Å²) in [5.74, 6) is 0.766. The van der Waals surface area contributed by atoms with Crippen LogP contribution >= 0.6 is 0 Å². The maximum atomic E-state index is 4.44. The molecule has 19 heavy (non-hydrogen) atoms. The Balaban J connectivity index is 2.07. The quantitative estimate of drug-likeness (QED) is 0.876. The van der Waals surface area contributed by atoms with E-state index in [-0.39, 0.29) is 0 Å². The molecule has 1 unspecified atom stereocenters. The van der Waals surface area contributed by atoms with Gasteiger partial charge in [-0.25, -0.2) is 0 Å². The molecule has 1 aliphatic rings. The summed E-state index contributed by atoms with van der Waals surface area (Å²) in [5, 5.41) is 8.12. The molecular formula is C16H29N3. The first-order chi connectivity index (χ1) is 9.05. The van der Waals surface area contributed by atoms with Gasteiger partial charge in [-0.1, -0.05) is 20.8 Å². The van der Waals surface area contributed by atoms with E-state index in [9.17, 15) is 0 Å². The third-order valence-electron chi connectivity index (χ3n) is 4.62. The summed E-state index contributed by atoms with van der Waals surface area (Å²) in [4.78, 5) is 0. The van der Waals surface area contributed by atoms with Crippen LogP contribution in [0.25, 0.3) is 0 Å². The number of hydrogen-bond donors (Lipinski definition) is 1. The molecule has 1 atom stereocenters. The van der Waals surface area contributed by atoms with Crippen molar-refractivity contribution in [3.05, 3.63) is 18.0 Å². The maximum Gasteiger partial charge on any atom is 0.0537 e. The largest absolute Gasteiger partial charge is 0.310 e. The molecule has 1 heterocycles. The van der Waals surface area contributed by atoms with E-state index in [1.54, 1.807) is 0 Å². The van der Waals surface area contributed by atoms with Crippen LogP contribution in [0.3, 0.4) is 0 Å².